The van der Waals surface area contributed by atoms with Crippen molar-refractivity contribution in [2.45, 2.75) is 25.7 Å². The van der Waals surface area contributed by atoms with Crippen LogP contribution in [0.5, 0.6) is 28.7 Å². The first-order valence-corrected chi connectivity index (χ1v) is 11.9. The molecule has 4 bridgehead atoms. The van der Waals surface area contributed by atoms with Crippen LogP contribution in [0, 0.1) is 0 Å². The molecule has 0 spiro atoms. The fraction of sp³-hybridized carbons (Fsp3) is 0.226. The fourth-order valence-corrected chi connectivity index (χ4v) is 4.70. The third-order valence-corrected chi connectivity index (χ3v) is 6.66. The SMILES string of the molecule is COc1ccc2c(c1)CCc1ccc(cc1)Oc1cc(ccc1OC)CCc1cc(OC)ccc1-2. The molecule has 2 aliphatic rings. The summed E-state index contributed by atoms with van der Waals surface area (Å²) in [5, 5.41) is 0. The second-order valence-electron chi connectivity index (χ2n) is 8.78. The number of hydrogen-bond acceptors (Lipinski definition) is 4. The Morgan fingerprint density at radius 2 is 1.11 bits per heavy atom. The molecule has 0 fully saturated rings. The molecule has 0 amide bonds. The molecule has 178 valence electrons. The summed E-state index contributed by atoms with van der Waals surface area (Å²) in [6, 6.07) is 27.3. The predicted molar refractivity (Wildman–Crippen MR) is 139 cm³/mol. The van der Waals surface area contributed by atoms with Crippen LogP contribution in [0.15, 0.2) is 78.9 Å². The van der Waals surface area contributed by atoms with E-state index < -0.39 is 0 Å². The van der Waals surface area contributed by atoms with Crippen molar-refractivity contribution in [1.29, 1.82) is 0 Å². The highest BCUT2D eigenvalue weighted by molar-refractivity contribution is 5.73. The van der Waals surface area contributed by atoms with Crippen LogP contribution in [-0.2, 0) is 25.7 Å². The molecule has 4 aromatic carbocycles. The highest BCUT2D eigenvalue weighted by Crippen LogP contribution is 2.36. The van der Waals surface area contributed by atoms with Crippen molar-refractivity contribution in [3.63, 3.8) is 0 Å². The van der Waals surface area contributed by atoms with Gasteiger partial charge in [0.2, 0.25) is 0 Å². The zero-order chi connectivity index (χ0) is 24.2. The molecule has 35 heavy (non-hydrogen) atoms. The van der Waals surface area contributed by atoms with E-state index in [1.165, 1.54) is 33.4 Å². The van der Waals surface area contributed by atoms with Crippen LogP contribution in [0.1, 0.15) is 22.3 Å². The molecule has 0 N–H and O–H groups in total. The second kappa shape index (κ2) is 10.1. The Kier molecular flexibility index (Phi) is 6.62. The van der Waals surface area contributed by atoms with Crippen LogP contribution in [0.25, 0.3) is 11.1 Å². The number of benzene rings is 4. The van der Waals surface area contributed by atoms with E-state index in [1.807, 2.05) is 30.3 Å². The number of methoxy groups -OCH3 is 3. The van der Waals surface area contributed by atoms with Gasteiger partial charge in [-0.15, -0.1) is 0 Å². The van der Waals surface area contributed by atoms with Crippen molar-refractivity contribution < 1.29 is 18.9 Å². The van der Waals surface area contributed by atoms with Gasteiger partial charge >= 0.3 is 0 Å². The van der Waals surface area contributed by atoms with Crippen LogP contribution in [0.3, 0.4) is 0 Å². The van der Waals surface area contributed by atoms with Gasteiger partial charge in [-0.3, -0.25) is 0 Å². The highest BCUT2D eigenvalue weighted by Gasteiger charge is 2.15. The molecule has 2 aliphatic heterocycles. The minimum Gasteiger partial charge on any atom is -0.497 e. The number of aryl methyl sites for hydroxylation is 4. The van der Waals surface area contributed by atoms with E-state index in [4.69, 9.17) is 18.9 Å². The number of ether oxygens (including phenoxy) is 4. The summed E-state index contributed by atoms with van der Waals surface area (Å²) >= 11 is 0. The molecule has 0 radical (unpaired) electrons. The first-order valence-electron chi connectivity index (χ1n) is 11.9. The predicted octanol–water partition coefficient (Wildman–Crippen LogP) is 7.06. The van der Waals surface area contributed by atoms with Crippen LogP contribution >= 0.6 is 0 Å². The Hall–Kier alpha value is -3.92. The largest absolute Gasteiger partial charge is 0.497 e. The quantitative estimate of drug-likeness (QED) is 0.324. The first-order chi connectivity index (χ1) is 17.2. The molecular weight excluding hydrogens is 436 g/mol. The summed E-state index contributed by atoms with van der Waals surface area (Å²) in [6.45, 7) is 0. The summed E-state index contributed by atoms with van der Waals surface area (Å²) in [7, 11) is 5.11. The van der Waals surface area contributed by atoms with E-state index in [0.29, 0.717) is 0 Å². The fourth-order valence-electron chi connectivity index (χ4n) is 4.70. The van der Waals surface area contributed by atoms with E-state index in [1.54, 1.807) is 21.3 Å². The normalized spacial score (nSPS) is 12.8. The summed E-state index contributed by atoms with van der Waals surface area (Å²) in [4.78, 5) is 0. The molecule has 6 rings (SSSR count). The van der Waals surface area contributed by atoms with Gasteiger partial charge in [0, 0.05) is 0 Å². The van der Waals surface area contributed by atoms with Crippen molar-refractivity contribution >= 4 is 0 Å². The van der Waals surface area contributed by atoms with Crippen molar-refractivity contribution in [1.82, 2.24) is 0 Å². The third kappa shape index (κ3) is 4.97. The monoisotopic (exact) mass is 466 g/mol. The van der Waals surface area contributed by atoms with Gasteiger partial charge in [-0.05, 0) is 108 Å². The topological polar surface area (TPSA) is 36.9 Å². The Balaban J connectivity index is 1.64. The average Bonchev–Trinajstić information content (AvgIpc) is 2.91. The van der Waals surface area contributed by atoms with Crippen molar-refractivity contribution in [3.05, 3.63) is 101 Å². The molecule has 4 nitrogen and oxygen atoms in total. The lowest BCUT2D eigenvalue weighted by Gasteiger charge is -2.18. The Bertz CT molecular complexity index is 1320. The van der Waals surface area contributed by atoms with Crippen LogP contribution in [-0.4, -0.2) is 21.3 Å². The van der Waals surface area contributed by atoms with Gasteiger partial charge in [0.1, 0.15) is 17.2 Å². The molecule has 0 saturated carbocycles. The molecular formula is C31H30O4. The van der Waals surface area contributed by atoms with Gasteiger partial charge < -0.3 is 18.9 Å². The maximum atomic E-state index is 6.23. The maximum absolute atomic E-state index is 6.23. The number of hydrogen-bond donors (Lipinski definition) is 0. The summed E-state index contributed by atoms with van der Waals surface area (Å²) < 4.78 is 22.9. The minimum atomic E-state index is 0.726. The average molecular weight is 467 g/mol. The molecule has 4 aromatic rings. The summed E-state index contributed by atoms with van der Waals surface area (Å²) in [5.74, 6) is 4.00. The minimum absolute atomic E-state index is 0.726. The Morgan fingerprint density at radius 1 is 0.543 bits per heavy atom. The van der Waals surface area contributed by atoms with Gasteiger partial charge in [0.25, 0.3) is 0 Å². The van der Waals surface area contributed by atoms with E-state index in [2.05, 4.69) is 48.5 Å². The summed E-state index contributed by atoms with van der Waals surface area (Å²) in [6.07, 6.45) is 3.57. The molecule has 0 saturated heterocycles. The van der Waals surface area contributed by atoms with Crippen LogP contribution in [0.2, 0.25) is 0 Å². The van der Waals surface area contributed by atoms with E-state index in [0.717, 1.165) is 54.4 Å². The maximum Gasteiger partial charge on any atom is 0.169 e. The van der Waals surface area contributed by atoms with E-state index in [9.17, 15) is 0 Å². The smallest absolute Gasteiger partial charge is 0.169 e. The van der Waals surface area contributed by atoms with Crippen LogP contribution < -0.4 is 18.9 Å². The van der Waals surface area contributed by atoms with Crippen molar-refractivity contribution in [3.8, 4) is 39.9 Å². The van der Waals surface area contributed by atoms with Gasteiger partial charge in [0.05, 0.1) is 21.3 Å². The molecule has 0 atom stereocenters. The van der Waals surface area contributed by atoms with Gasteiger partial charge in [-0.25, -0.2) is 0 Å². The third-order valence-electron chi connectivity index (χ3n) is 6.66. The molecule has 0 unspecified atom stereocenters. The lowest BCUT2D eigenvalue weighted by Crippen LogP contribution is -2.01. The number of fused-ring (bicyclic) bond motifs is 4. The Morgan fingerprint density at radius 3 is 1.69 bits per heavy atom. The van der Waals surface area contributed by atoms with Crippen molar-refractivity contribution in [2.24, 2.45) is 0 Å². The van der Waals surface area contributed by atoms with Crippen LogP contribution in [0.4, 0.5) is 0 Å². The molecule has 0 aromatic heterocycles. The van der Waals surface area contributed by atoms with Crippen molar-refractivity contribution in [2.75, 3.05) is 21.3 Å². The molecule has 2 heterocycles. The molecule has 0 aliphatic carbocycles. The summed E-state index contributed by atoms with van der Waals surface area (Å²) in [5.41, 5.74) is 7.45. The van der Waals surface area contributed by atoms with Gasteiger partial charge in [0.15, 0.2) is 11.5 Å². The van der Waals surface area contributed by atoms with E-state index >= 15 is 0 Å². The standard InChI is InChI=1S/C31H30O4/c1-32-26-13-15-28-23(19-26)9-4-21-6-11-25(12-7-21)35-31-18-22(8-17-30(31)34-3)5-10-24-20-27(33-2)14-16-29(24)28/h6-8,11-20H,4-5,9-10H2,1-3H3. The highest BCUT2D eigenvalue weighted by atomic mass is 16.5. The second-order valence-corrected chi connectivity index (χ2v) is 8.78. The zero-order valence-corrected chi connectivity index (χ0v) is 20.5. The van der Waals surface area contributed by atoms with E-state index in [-0.39, 0.29) is 0 Å². The first kappa shape index (κ1) is 22.9. The lowest BCUT2D eigenvalue weighted by molar-refractivity contribution is 0.378. The lowest BCUT2D eigenvalue weighted by atomic mass is 9.90. The number of rotatable bonds is 3. The zero-order valence-electron chi connectivity index (χ0n) is 20.5. The van der Waals surface area contributed by atoms with Gasteiger partial charge in [-0.2, -0.15) is 0 Å². The van der Waals surface area contributed by atoms with Gasteiger partial charge in [-0.1, -0.05) is 30.3 Å². The Labute approximate surface area is 207 Å². The molecule has 4 heteroatoms.